The topological polar surface area (TPSA) is 110 Å². The van der Waals surface area contributed by atoms with Crippen LogP contribution >= 0.6 is 0 Å². The number of rotatable bonds is 8. The molecule has 1 rings (SSSR count). The van der Waals surface area contributed by atoms with Crippen LogP contribution in [-0.2, 0) is 24.3 Å². The van der Waals surface area contributed by atoms with Gasteiger partial charge in [0.1, 0.15) is 6.04 Å². The van der Waals surface area contributed by atoms with E-state index in [1.165, 1.54) is 7.11 Å². The molecule has 2 N–H and O–H groups in total. The number of aliphatic carboxylic acids is 1. The van der Waals surface area contributed by atoms with Gasteiger partial charge in [-0.2, -0.15) is 0 Å². The molecule has 0 heterocycles. The number of carboxylic acid groups (broad SMARTS) is 1. The molecule has 104 valence electrons. The number of hydrogen-bond acceptors (Lipinski definition) is 5. The van der Waals surface area contributed by atoms with Crippen LogP contribution in [0.2, 0.25) is 0 Å². The molecule has 0 bridgehead atoms. The van der Waals surface area contributed by atoms with Crippen molar-refractivity contribution in [3.63, 3.8) is 0 Å². The summed E-state index contributed by atoms with van der Waals surface area (Å²) in [5.41, 5.74) is 0. The fraction of sp³-hybridized carbons (Fsp3) is 0.800. The SMILES string of the molecule is COC(=O)CC[C@@H](NS(=O)(=O)CC1CC1)C(=O)O. The maximum absolute atomic E-state index is 11.6. The monoisotopic (exact) mass is 279 g/mol. The first-order valence-electron chi connectivity index (χ1n) is 5.63. The zero-order valence-corrected chi connectivity index (χ0v) is 10.9. The van der Waals surface area contributed by atoms with Crippen LogP contribution in [0, 0.1) is 5.92 Å². The van der Waals surface area contributed by atoms with Crippen LogP contribution in [0.5, 0.6) is 0 Å². The highest BCUT2D eigenvalue weighted by Crippen LogP contribution is 2.30. The van der Waals surface area contributed by atoms with Crippen LogP contribution in [-0.4, -0.2) is 44.4 Å². The Kier molecular flexibility index (Phi) is 5.09. The number of methoxy groups -OCH3 is 1. The number of esters is 1. The number of carbonyl (C=O) groups is 2. The lowest BCUT2D eigenvalue weighted by atomic mass is 10.2. The minimum atomic E-state index is -3.60. The van der Waals surface area contributed by atoms with E-state index in [-0.39, 0.29) is 24.5 Å². The van der Waals surface area contributed by atoms with Crippen molar-refractivity contribution in [2.75, 3.05) is 12.9 Å². The van der Waals surface area contributed by atoms with Crippen molar-refractivity contribution in [1.29, 1.82) is 0 Å². The lowest BCUT2D eigenvalue weighted by molar-refractivity contribution is -0.142. The van der Waals surface area contributed by atoms with E-state index >= 15 is 0 Å². The maximum Gasteiger partial charge on any atom is 0.321 e. The van der Waals surface area contributed by atoms with Crippen molar-refractivity contribution >= 4 is 22.0 Å². The zero-order chi connectivity index (χ0) is 13.8. The molecular weight excluding hydrogens is 262 g/mol. The van der Waals surface area contributed by atoms with Gasteiger partial charge in [-0.1, -0.05) is 0 Å². The lowest BCUT2D eigenvalue weighted by Crippen LogP contribution is -2.42. The molecule has 0 aromatic rings. The van der Waals surface area contributed by atoms with Crippen molar-refractivity contribution in [2.45, 2.75) is 31.7 Å². The molecule has 1 fully saturated rings. The Balaban J connectivity index is 2.50. The molecule has 1 saturated carbocycles. The highest BCUT2D eigenvalue weighted by Gasteiger charge is 2.31. The van der Waals surface area contributed by atoms with Gasteiger partial charge >= 0.3 is 11.9 Å². The quantitative estimate of drug-likeness (QED) is 0.591. The van der Waals surface area contributed by atoms with Gasteiger partial charge < -0.3 is 9.84 Å². The number of ether oxygens (including phenoxy) is 1. The van der Waals surface area contributed by atoms with Crippen LogP contribution in [0.1, 0.15) is 25.7 Å². The molecule has 8 heteroatoms. The average Bonchev–Trinajstić information content (AvgIpc) is 3.06. The Bertz CT molecular complexity index is 414. The summed E-state index contributed by atoms with van der Waals surface area (Å²) in [5.74, 6) is -1.77. The first-order valence-corrected chi connectivity index (χ1v) is 7.29. The summed E-state index contributed by atoms with van der Waals surface area (Å²) in [7, 11) is -2.41. The number of hydrogen-bond donors (Lipinski definition) is 2. The Morgan fingerprint density at radius 1 is 1.44 bits per heavy atom. The molecule has 0 aliphatic heterocycles. The Morgan fingerprint density at radius 2 is 2.06 bits per heavy atom. The van der Waals surface area contributed by atoms with Crippen LogP contribution in [0.25, 0.3) is 0 Å². The molecule has 0 radical (unpaired) electrons. The molecule has 0 amide bonds. The van der Waals surface area contributed by atoms with Gasteiger partial charge in [0.05, 0.1) is 12.9 Å². The number of carbonyl (C=O) groups excluding carboxylic acids is 1. The molecule has 0 aromatic carbocycles. The molecule has 7 nitrogen and oxygen atoms in total. The van der Waals surface area contributed by atoms with Crippen molar-refractivity contribution in [2.24, 2.45) is 5.92 Å². The third kappa shape index (κ3) is 5.46. The van der Waals surface area contributed by atoms with E-state index in [9.17, 15) is 18.0 Å². The second-order valence-corrected chi connectivity index (χ2v) is 6.15. The third-order valence-corrected chi connectivity index (χ3v) is 4.19. The van der Waals surface area contributed by atoms with Crippen molar-refractivity contribution in [3.8, 4) is 0 Å². The van der Waals surface area contributed by atoms with E-state index in [4.69, 9.17) is 5.11 Å². The molecule has 0 saturated heterocycles. The van der Waals surface area contributed by atoms with E-state index in [2.05, 4.69) is 9.46 Å². The van der Waals surface area contributed by atoms with E-state index in [0.29, 0.717) is 0 Å². The molecule has 1 aliphatic rings. The van der Waals surface area contributed by atoms with E-state index in [1.54, 1.807) is 0 Å². The Labute approximate surface area is 106 Å². The minimum absolute atomic E-state index is 0.0466. The summed E-state index contributed by atoms with van der Waals surface area (Å²) in [6.45, 7) is 0. The lowest BCUT2D eigenvalue weighted by Gasteiger charge is -2.13. The van der Waals surface area contributed by atoms with E-state index in [1.807, 2.05) is 0 Å². The molecule has 1 aliphatic carbocycles. The van der Waals surface area contributed by atoms with Crippen LogP contribution < -0.4 is 4.72 Å². The van der Waals surface area contributed by atoms with Gasteiger partial charge in [0.25, 0.3) is 0 Å². The van der Waals surface area contributed by atoms with Gasteiger partial charge in [-0.25, -0.2) is 13.1 Å². The van der Waals surface area contributed by atoms with E-state index < -0.39 is 28.0 Å². The number of carboxylic acids is 1. The van der Waals surface area contributed by atoms with Gasteiger partial charge in [0.2, 0.25) is 10.0 Å². The minimum Gasteiger partial charge on any atom is -0.480 e. The summed E-state index contributed by atoms with van der Waals surface area (Å²) in [4.78, 5) is 21.8. The molecule has 0 spiro atoms. The number of nitrogens with one attached hydrogen (secondary N) is 1. The van der Waals surface area contributed by atoms with Gasteiger partial charge in [-0.15, -0.1) is 0 Å². The van der Waals surface area contributed by atoms with Gasteiger partial charge in [0.15, 0.2) is 0 Å². The normalized spacial score (nSPS) is 17.2. The predicted octanol–water partition coefficient (Wildman–Crippen LogP) is -0.278. The summed E-state index contributed by atoms with van der Waals surface area (Å²) in [6.07, 6.45) is 1.47. The molecule has 18 heavy (non-hydrogen) atoms. The van der Waals surface area contributed by atoms with Crippen LogP contribution in [0.3, 0.4) is 0 Å². The largest absolute Gasteiger partial charge is 0.480 e. The molecule has 0 aromatic heterocycles. The summed E-state index contributed by atoms with van der Waals surface area (Å²) >= 11 is 0. The van der Waals surface area contributed by atoms with Gasteiger partial charge in [-0.05, 0) is 25.2 Å². The third-order valence-electron chi connectivity index (χ3n) is 2.64. The van der Waals surface area contributed by atoms with Gasteiger partial charge in [-0.3, -0.25) is 9.59 Å². The first kappa shape index (κ1) is 14.9. The zero-order valence-electron chi connectivity index (χ0n) is 10.1. The smallest absolute Gasteiger partial charge is 0.321 e. The van der Waals surface area contributed by atoms with Crippen LogP contribution in [0.15, 0.2) is 0 Å². The Morgan fingerprint density at radius 3 is 2.50 bits per heavy atom. The van der Waals surface area contributed by atoms with E-state index in [0.717, 1.165) is 12.8 Å². The number of sulfonamides is 1. The second-order valence-electron chi connectivity index (χ2n) is 4.35. The fourth-order valence-corrected chi connectivity index (χ4v) is 3.16. The summed E-state index contributed by atoms with van der Waals surface area (Å²) in [5, 5.41) is 8.89. The predicted molar refractivity (Wildman–Crippen MR) is 62.3 cm³/mol. The molecule has 1 atom stereocenters. The molecular formula is C10H17NO6S. The highest BCUT2D eigenvalue weighted by atomic mass is 32.2. The van der Waals surface area contributed by atoms with Crippen LogP contribution in [0.4, 0.5) is 0 Å². The van der Waals surface area contributed by atoms with Gasteiger partial charge in [0, 0.05) is 6.42 Å². The first-order chi connectivity index (χ1) is 8.34. The fourth-order valence-electron chi connectivity index (χ4n) is 1.46. The standard InChI is InChI=1S/C10H17NO6S/c1-17-9(12)5-4-8(10(13)14)11-18(15,16)6-7-2-3-7/h7-8,11H,2-6H2,1H3,(H,13,14)/t8-/m1/s1. The highest BCUT2D eigenvalue weighted by molar-refractivity contribution is 7.89. The Hall–Kier alpha value is -1.15. The summed E-state index contributed by atoms with van der Waals surface area (Å²) in [6, 6.07) is -1.28. The average molecular weight is 279 g/mol. The van der Waals surface area contributed by atoms with Crippen molar-refractivity contribution < 1.29 is 27.9 Å². The maximum atomic E-state index is 11.6. The summed E-state index contributed by atoms with van der Waals surface area (Å²) < 4.78 is 29.7. The molecule has 0 unspecified atom stereocenters. The van der Waals surface area contributed by atoms with Crippen molar-refractivity contribution in [3.05, 3.63) is 0 Å². The second kappa shape index (κ2) is 6.14. The van der Waals surface area contributed by atoms with Crippen molar-refractivity contribution in [1.82, 2.24) is 4.72 Å².